The van der Waals surface area contributed by atoms with E-state index in [0.29, 0.717) is 6.04 Å². The molecule has 1 unspecified atom stereocenters. The highest BCUT2D eigenvalue weighted by Gasteiger charge is 2.24. The summed E-state index contributed by atoms with van der Waals surface area (Å²) in [4.78, 5) is 2.47. The molecule has 1 atom stereocenters. The van der Waals surface area contributed by atoms with Gasteiger partial charge in [-0.3, -0.25) is 4.90 Å². The van der Waals surface area contributed by atoms with Crippen molar-refractivity contribution in [1.82, 2.24) is 10.2 Å². The number of nitrogens with zero attached hydrogens (tertiary/aromatic N) is 1. The lowest BCUT2D eigenvalue weighted by atomic mass is 10.0. The third-order valence-electron chi connectivity index (χ3n) is 3.20. The zero-order valence-electron chi connectivity index (χ0n) is 9.83. The first-order valence-corrected chi connectivity index (χ1v) is 6.99. The van der Waals surface area contributed by atoms with E-state index in [0.717, 1.165) is 43.5 Å². The van der Waals surface area contributed by atoms with E-state index < -0.39 is 0 Å². The topological polar surface area (TPSA) is 15.3 Å². The Kier molecular flexibility index (Phi) is 5.11. The van der Waals surface area contributed by atoms with Gasteiger partial charge in [0.2, 0.25) is 0 Å². The summed E-state index contributed by atoms with van der Waals surface area (Å²) >= 11 is 12.1. The van der Waals surface area contributed by atoms with E-state index in [1.54, 1.807) is 0 Å². The fraction of sp³-hybridized carbons (Fsp3) is 0.538. The van der Waals surface area contributed by atoms with Gasteiger partial charge in [-0.25, -0.2) is 0 Å². The number of hydrogen-bond acceptors (Lipinski definition) is 2. The highest BCUT2D eigenvalue weighted by atomic mass is 35.5. The van der Waals surface area contributed by atoms with Crippen molar-refractivity contribution < 1.29 is 0 Å². The molecule has 0 amide bonds. The molecule has 0 spiro atoms. The van der Waals surface area contributed by atoms with Crippen molar-refractivity contribution in [2.75, 3.05) is 32.1 Å². The number of hydrogen-bond donors (Lipinski definition) is 1. The Labute approximate surface area is 113 Å². The lowest BCUT2D eigenvalue weighted by Crippen LogP contribution is -2.46. The predicted octanol–water partition coefficient (Wildman–Crippen LogP) is 2.92. The number of rotatable bonds is 4. The third-order valence-corrected chi connectivity index (χ3v) is 3.81. The molecule has 0 aromatic heterocycles. The largest absolute Gasteiger partial charge is 0.314 e. The normalized spacial score (nSPS) is 21.6. The van der Waals surface area contributed by atoms with Crippen LogP contribution in [0, 0.1) is 0 Å². The number of piperazine rings is 1. The number of nitrogens with one attached hydrogen (secondary N) is 1. The van der Waals surface area contributed by atoms with Gasteiger partial charge in [0.1, 0.15) is 0 Å². The molecule has 1 aromatic carbocycles. The van der Waals surface area contributed by atoms with Gasteiger partial charge in [0.25, 0.3) is 0 Å². The molecule has 2 rings (SSSR count). The van der Waals surface area contributed by atoms with Gasteiger partial charge >= 0.3 is 0 Å². The first-order chi connectivity index (χ1) is 8.33. The first kappa shape index (κ1) is 13.2. The van der Waals surface area contributed by atoms with E-state index >= 15 is 0 Å². The molecular weight excluding hydrogens is 255 g/mol. The van der Waals surface area contributed by atoms with E-state index in [9.17, 15) is 0 Å². The Morgan fingerprint density at radius 1 is 1.35 bits per heavy atom. The Morgan fingerprint density at radius 2 is 2.18 bits per heavy atom. The summed E-state index contributed by atoms with van der Waals surface area (Å²) in [5, 5.41) is 4.29. The van der Waals surface area contributed by atoms with Crippen molar-refractivity contribution in [2.24, 2.45) is 0 Å². The molecule has 0 aliphatic carbocycles. The van der Waals surface area contributed by atoms with Gasteiger partial charge in [0.15, 0.2) is 0 Å². The lowest BCUT2D eigenvalue weighted by Gasteiger charge is -2.36. The summed E-state index contributed by atoms with van der Waals surface area (Å²) in [5.41, 5.74) is 1.22. The molecule has 1 saturated heterocycles. The summed E-state index contributed by atoms with van der Waals surface area (Å²) in [5.74, 6) is 0.721. The van der Waals surface area contributed by atoms with E-state index in [-0.39, 0.29) is 0 Å². The van der Waals surface area contributed by atoms with Crippen LogP contribution in [-0.2, 0) is 0 Å². The molecule has 0 saturated carbocycles. The highest BCUT2D eigenvalue weighted by molar-refractivity contribution is 6.31. The van der Waals surface area contributed by atoms with Crippen molar-refractivity contribution in [3.63, 3.8) is 0 Å². The molecule has 1 N–H and O–H groups in total. The molecule has 94 valence electrons. The maximum absolute atomic E-state index is 6.28. The Hall–Kier alpha value is -0.280. The molecule has 1 aliphatic heterocycles. The second-order valence-electron chi connectivity index (χ2n) is 4.32. The summed E-state index contributed by atoms with van der Waals surface area (Å²) < 4.78 is 0. The van der Waals surface area contributed by atoms with E-state index in [1.165, 1.54) is 5.56 Å². The number of benzene rings is 1. The summed E-state index contributed by atoms with van der Waals surface area (Å²) in [6.07, 6.45) is 1.03. The molecule has 1 heterocycles. The minimum Gasteiger partial charge on any atom is -0.314 e. The first-order valence-electron chi connectivity index (χ1n) is 6.08. The fourth-order valence-corrected chi connectivity index (χ4v) is 2.71. The molecule has 0 bridgehead atoms. The minimum atomic E-state index is 0.376. The van der Waals surface area contributed by atoms with Crippen molar-refractivity contribution >= 4 is 23.2 Å². The summed E-state index contributed by atoms with van der Waals surface area (Å²) in [7, 11) is 0. The van der Waals surface area contributed by atoms with E-state index in [1.807, 2.05) is 12.1 Å². The van der Waals surface area contributed by atoms with Crippen LogP contribution in [0.25, 0.3) is 0 Å². The quantitative estimate of drug-likeness (QED) is 0.848. The SMILES string of the molecule is ClCCCN1CCNCC1c1ccccc1Cl. The molecule has 1 aliphatic rings. The zero-order valence-corrected chi connectivity index (χ0v) is 11.3. The fourth-order valence-electron chi connectivity index (χ4n) is 2.33. The van der Waals surface area contributed by atoms with Gasteiger partial charge in [-0.05, 0) is 24.6 Å². The molecular formula is C13H18Cl2N2. The molecule has 1 fully saturated rings. The summed E-state index contributed by atoms with van der Waals surface area (Å²) in [6, 6.07) is 8.49. The number of alkyl halides is 1. The van der Waals surface area contributed by atoms with Gasteiger partial charge < -0.3 is 5.32 Å². The monoisotopic (exact) mass is 272 g/mol. The Morgan fingerprint density at radius 3 is 2.94 bits per heavy atom. The molecule has 4 heteroatoms. The second kappa shape index (κ2) is 6.60. The zero-order chi connectivity index (χ0) is 12.1. The molecule has 1 aromatic rings. The van der Waals surface area contributed by atoms with Crippen LogP contribution in [-0.4, -0.2) is 37.0 Å². The second-order valence-corrected chi connectivity index (χ2v) is 5.11. The number of halogens is 2. The van der Waals surface area contributed by atoms with Gasteiger partial charge in [0.05, 0.1) is 0 Å². The molecule has 17 heavy (non-hydrogen) atoms. The van der Waals surface area contributed by atoms with Crippen LogP contribution < -0.4 is 5.32 Å². The van der Waals surface area contributed by atoms with Crippen LogP contribution in [0.3, 0.4) is 0 Å². The minimum absolute atomic E-state index is 0.376. The van der Waals surface area contributed by atoms with Crippen molar-refractivity contribution in [2.45, 2.75) is 12.5 Å². The van der Waals surface area contributed by atoms with Gasteiger partial charge in [-0.1, -0.05) is 29.8 Å². The van der Waals surface area contributed by atoms with Crippen molar-refractivity contribution in [1.29, 1.82) is 0 Å². The van der Waals surface area contributed by atoms with Crippen LogP contribution in [0.5, 0.6) is 0 Å². The highest BCUT2D eigenvalue weighted by Crippen LogP contribution is 2.28. The average molecular weight is 273 g/mol. The standard InChI is InChI=1S/C13H18Cl2N2/c14-6-3-8-17-9-7-16-10-13(17)11-4-1-2-5-12(11)15/h1-2,4-5,13,16H,3,6-10H2. The van der Waals surface area contributed by atoms with Crippen LogP contribution in [0.1, 0.15) is 18.0 Å². The van der Waals surface area contributed by atoms with Gasteiger partial charge in [-0.2, -0.15) is 0 Å². The van der Waals surface area contributed by atoms with Gasteiger partial charge in [0, 0.05) is 36.6 Å². The maximum atomic E-state index is 6.28. The molecule has 0 radical (unpaired) electrons. The Balaban J connectivity index is 2.13. The van der Waals surface area contributed by atoms with E-state index in [4.69, 9.17) is 23.2 Å². The van der Waals surface area contributed by atoms with Crippen LogP contribution in [0.2, 0.25) is 5.02 Å². The van der Waals surface area contributed by atoms with Crippen molar-refractivity contribution in [3.8, 4) is 0 Å². The van der Waals surface area contributed by atoms with Crippen LogP contribution >= 0.6 is 23.2 Å². The van der Waals surface area contributed by atoms with Gasteiger partial charge in [-0.15, -0.1) is 11.6 Å². The third kappa shape index (κ3) is 3.35. The van der Waals surface area contributed by atoms with Crippen molar-refractivity contribution in [3.05, 3.63) is 34.9 Å². The predicted molar refractivity (Wildman–Crippen MR) is 74.0 cm³/mol. The average Bonchev–Trinajstić information content (AvgIpc) is 2.37. The van der Waals surface area contributed by atoms with E-state index in [2.05, 4.69) is 22.3 Å². The van der Waals surface area contributed by atoms with Crippen LogP contribution in [0.15, 0.2) is 24.3 Å². The van der Waals surface area contributed by atoms with Crippen LogP contribution in [0.4, 0.5) is 0 Å². The summed E-state index contributed by atoms with van der Waals surface area (Å²) in [6.45, 7) is 4.11. The molecule has 2 nitrogen and oxygen atoms in total. The lowest BCUT2D eigenvalue weighted by molar-refractivity contribution is 0.163. The maximum Gasteiger partial charge on any atom is 0.0487 e. The Bertz CT molecular complexity index is 357. The smallest absolute Gasteiger partial charge is 0.0487 e.